The van der Waals surface area contributed by atoms with Crippen molar-refractivity contribution in [1.82, 2.24) is 10.6 Å². The first-order valence-corrected chi connectivity index (χ1v) is 21.7. The van der Waals surface area contributed by atoms with Crippen molar-refractivity contribution in [3.05, 3.63) is 66.0 Å². The molecule has 13 nitrogen and oxygen atoms in total. The molecule has 2 fully saturated rings. The Morgan fingerprint density at radius 3 is 1.80 bits per heavy atom. The van der Waals surface area contributed by atoms with Crippen molar-refractivity contribution in [2.75, 3.05) is 46.5 Å². The summed E-state index contributed by atoms with van der Waals surface area (Å²) in [7, 11) is 5.06. The van der Waals surface area contributed by atoms with Gasteiger partial charge < -0.3 is 34.8 Å². The Balaban J connectivity index is 1.29. The average Bonchev–Trinajstić information content (AvgIpc) is 3.42. The zero-order valence-electron chi connectivity index (χ0n) is 35.6. The van der Waals surface area contributed by atoms with Crippen LogP contribution in [0.1, 0.15) is 92.5 Å². The van der Waals surface area contributed by atoms with E-state index in [1.165, 1.54) is 12.1 Å². The highest BCUT2D eigenvalue weighted by Crippen LogP contribution is 2.54. The number of ether oxygens (including phenoxy) is 3. The van der Waals surface area contributed by atoms with Crippen LogP contribution in [-0.4, -0.2) is 68.5 Å². The van der Waals surface area contributed by atoms with Gasteiger partial charge in [0.15, 0.2) is 10.9 Å². The van der Waals surface area contributed by atoms with E-state index in [0.717, 1.165) is 67.0 Å². The zero-order valence-corrected chi connectivity index (χ0v) is 35.6. The molecule has 2 saturated carbocycles. The Morgan fingerprint density at radius 1 is 0.721 bits per heavy atom. The Hall–Kier alpha value is -5.08. The molecule has 5 aromatic carbocycles. The smallest absolute Gasteiger partial charge is 0.310 e. The number of aliphatic hydroxyl groups is 2. The first-order chi connectivity index (χ1) is 29.5. The Bertz CT molecular complexity index is 2640. The van der Waals surface area contributed by atoms with Gasteiger partial charge in [-0.1, -0.05) is 11.6 Å². The molecule has 324 valence electrons. The topological polar surface area (TPSA) is 193 Å². The molecule has 0 spiro atoms. The first-order valence-electron chi connectivity index (χ1n) is 21.7. The lowest BCUT2D eigenvalue weighted by atomic mass is 9.77. The number of aliphatic hydroxyl groups excluding tert-OH is 2. The van der Waals surface area contributed by atoms with E-state index < -0.39 is 18.6 Å². The van der Waals surface area contributed by atoms with Crippen molar-refractivity contribution in [3.63, 3.8) is 0 Å². The highest BCUT2D eigenvalue weighted by atomic mass is 16.5. The van der Waals surface area contributed by atoms with Crippen LogP contribution in [-0.2, 0) is 45.1 Å². The number of aromatic hydroxyl groups is 1. The maximum Gasteiger partial charge on any atom is 0.310 e. The fraction of sp³-hybridized carbons (Fsp3) is 0.500. The van der Waals surface area contributed by atoms with Gasteiger partial charge in [0.05, 0.1) is 48.6 Å². The number of phenols is 1. The third-order valence-electron chi connectivity index (χ3n) is 13.8. The molecule has 0 unspecified atom stereocenters. The Labute approximate surface area is 354 Å². The van der Waals surface area contributed by atoms with Crippen LogP contribution in [0.15, 0.2) is 27.3 Å². The number of carbonyl (C=O) groups is 2. The van der Waals surface area contributed by atoms with Crippen molar-refractivity contribution < 1.29 is 39.1 Å². The molecule has 0 amide bonds. The number of hydrogen-bond donors (Lipinski definition) is 6. The normalized spacial score (nSPS) is 20.4. The van der Waals surface area contributed by atoms with Crippen LogP contribution in [0.3, 0.4) is 0 Å². The molecule has 3 aliphatic carbocycles. The van der Waals surface area contributed by atoms with Gasteiger partial charge in [-0.25, -0.2) is 0 Å². The van der Waals surface area contributed by atoms with Crippen molar-refractivity contribution in [2.24, 2.45) is 23.7 Å². The van der Waals surface area contributed by atoms with Crippen molar-refractivity contribution in [2.45, 2.75) is 90.8 Å². The number of phenolic OH excluding ortho intramolecular Hbond substituents is 1. The lowest BCUT2D eigenvalue weighted by Gasteiger charge is -2.29. The number of rotatable bonds is 15. The monoisotopic (exact) mass is 835 g/mol. The molecule has 8 rings (SSSR count). The molecule has 0 saturated heterocycles. The fourth-order valence-corrected chi connectivity index (χ4v) is 10.8. The van der Waals surface area contributed by atoms with Crippen LogP contribution in [0.25, 0.3) is 49.2 Å². The average molecular weight is 836 g/mol. The molecule has 61 heavy (non-hydrogen) atoms. The quantitative estimate of drug-likeness (QED) is 0.0314. The molecule has 0 radical (unpaired) electrons. The third-order valence-corrected chi connectivity index (χ3v) is 13.8. The predicted molar refractivity (Wildman–Crippen MR) is 237 cm³/mol. The number of nitrogens with one attached hydrogen (secondary N) is 3. The number of benzene rings is 5. The summed E-state index contributed by atoms with van der Waals surface area (Å²) < 4.78 is 17.0. The highest BCUT2D eigenvalue weighted by molar-refractivity contribution is 6.38. The number of esters is 2. The molecular weight excluding hydrogens is 779 g/mol. The molecule has 0 heterocycles. The van der Waals surface area contributed by atoms with Crippen LogP contribution < -0.4 is 31.5 Å². The van der Waals surface area contributed by atoms with Crippen LogP contribution in [0, 0.1) is 23.7 Å². The van der Waals surface area contributed by atoms with E-state index in [4.69, 9.17) is 14.2 Å². The largest absolute Gasteiger partial charge is 0.507 e. The van der Waals surface area contributed by atoms with Gasteiger partial charge in [-0.2, -0.15) is 0 Å². The second kappa shape index (κ2) is 17.7. The third kappa shape index (κ3) is 7.53. The molecule has 0 aliphatic heterocycles. The standard InChI is InChI=1S/C48H57N3O10/c1-24-15-32-31(14-9-25-5-10-27(11-6-25)47(57)60-22-49-2)45(56)41-35(55)18-30(21-53)37-36-29(20-52)17-34(54)40-42(36)39(38(32)43(37)41)33(16-24)46(59-4)44(40)51-19-26-7-12-28(13-8-26)48(58)61-23-50-3/h15,17-18,25-28,49-53,56H,5-14,16,19-23H2,1-4H3. The molecule has 13 heteroatoms. The summed E-state index contributed by atoms with van der Waals surface area (Å²) in [6.45, 7) is 1.98. The molecule has 0 bridgehead atoms. The van der Waals surface area contributed by atoms with E-state index in [1.54, 1.807) is 21.2 Å². The van der Waals surface area contributed by atoms with E-state index in [1.807, 2.05) is 6.92 Å². The number of carbonyl (C=O) groups excluding carboxylic acids is 2. The minimum absolute atomic E-state index is 0.0951. The Morgan fingerprint density at radius 2 is 1.26 bits per heavy atom. The van der Waals surface area contributed by atoms with Crippen molar-refractivity contribution >= 4 is 66.8 Å². The minimum Gasteiger partial charge on any atom is -0.507 e. The molecule has 3 aliphatic rings. The van der Waals surface area contributed by atoms with Crippen LogP contribution in [0.4, 0.5) is 5.69 Å². The number of hydrogen-bond acceptors (Lipinski definition) is 13. The number of anilines is 1. The van der Waals surface area contributed by atoms with Gasteiger partial charge in [0.1, 0.15) is 25.0 Å². The fourth-order valence-electron chi connectivity index (χ4n) is 10.8. The van der Waals surface area contributed by atoms with Crippen molar-refractivity contribution in [3.8, 4) is 11.5 Å². The van der Waals surface area contributed by atoms with Gasteiger partial charge >= 0.3 is 11.9 Å². The van der Waals surface area contributed by atoms with Crippen LogP contribution >= 0.6 is 0 Å². The second-order valence-electron chi connectivity index (χ2n) is 17.5. The van der Waals surface area contributed by atoms with Crippen LogP contribution in [0.2, 0.25) is 0 Å². The predicted octanol–water partition coefficient (Wildman–Crippen LogP) is 5.95. The minimum atomic E-state index is -0.474. The van der Waals surface area contributed by atoms with E-state index in [0.29, 0.717) is 98.6 Å². The molecule has 0 aromatic heterocycles. The number of methoxy groups -OCH3 is 1. The van der Waals surface area contributed by atoms with Gasteiger partial charge in [0, 0.05) is 28.4 Å². The second-order valence-corrected chi connectivity index (χ2v) is 17.5. The summed E-state index contributed by atoms with van der Waals surface area (Å²) in [5.74, 6) is 0.274. The summed E-state index contributed by atoms with van der Waals surface area (Å²) in [5, 5.41) is 47.6. The first kappa shape index (κ1) is 42.6. The SMILES string of the molecule is CNCOC(=O)C1CCC(CCc2c(O)c3c(=O)cc(CO)c4c5c(CO)cc(=O)c6c(NCC7CCC(C(=O)OCNC)CC7)c(OC)c7c(c(c2C=C(C)C7)c34)c65)CC1. The van der Waals surface area contributed by atoms with Gasteiger partial charge in [0.2, 0.25) is 0 Å². The zero-order chi connectivity index (χ0) is 43.1. The number of fused-ring (bicyclic) bond motifs is 1. The highest BCUT2D eigenvalue weighted by Gasteiger charge is 2.34. The summed E-state index contributed by atoms with van der Waals surface area (Å²) in [5.41, 5.74) is 3.77. The molecule has 0 atom stereocenters. The maximum absolute atomic E-state index is 14.5. The van der Waals surface area contributed by atoms with E-state index >= 15 is 0 Å². The van der Waals surface area contributed by atoms with E-state index in [2.05, 4.69) is 22.0 Å². The van der Waals surface area contributed by atoms with Gasteiger partial charge in [-0.15, -0.1) is 0 Å². The lowest BCUT2D eigenvalue weighted by molar-refractivity contribution is -0.151. The molecule has 5 aromatic rings. The Kier molecular flexibility index (Phi) is 12.4. The van der Waals surface area contributed by atoms with Crippen LogP contribution in [0.5, 0.6) is 11.5 Å². The number of allylic oxidation sites excluding steroid dienone is 1. The van der Waals surface area contributed by atoms with Crippen molar-refractivity contribution in [1.29, 1.82) is 0 Å². The lowest BCUT2D eigenvalue weighted by Crippen LogP contribution is -2.28. The van der Waals surface area contributed by atoms with E-state index in [-0.39, 0.29) is 59.7 Å². The summed E-state index contributed by atoms with van der Waals surface area (Å²) in [4.78, 5) is 53.9. The van der Waals surface area contributed by atoms with Gasteiger partial charge in [-0.3, -0.25) is 29.8 Å². The molecule has 6 N–H and O–H groups in total. The summed E-state index contributed by atoms with van der Waals surface area (Å²) in [6.07, 6.45) is 9.87. The van der Waals surface area contributed by atoms with Gasteiger partial charge in [-0.05, 0) is 154 Å². The summed E-state index contributed by atoms with van der Waals surface area (Å²) >= 11 is 0. The summed E-state index contributed by atoms with van der Waals surface area (Å²) in [6, 6.07) is 2.81. The maximum atomic E-state index is 14.5. The molecular formula is C48H57N3O10. The van der Waals surface area contributed by atoms with Gasteiger partial charge in [0.25, 0.3) is 0 Å². The van der Waals surface area contributed by atoms with E-state index in [9.17, 15) is 34.5 Å².